The number of ether oxygens (including phenoxy) is 1. The Hall–Kier alpha value is -2.95. The maximum Gasteiger partial charge on any atom is 0.293 e. The largest absolute Gasteiger partial charge is 0.455 e. The molecule has 0 aliphatic heterocycles. The van der Waals surface area contributed by atoms with Gasteiger partial charge in [0.1, 0.15) is 0 Å². The molecule has 34 heavy (non-hydrogen) atoms. The molecule has 4 N–H and O–H groups in total. The summed E-state index contributed by atoms with van der Waals surface area (Å²) in [4.78, 5) is 23.2. The van der Waals surface area contributed by atoms with Crippen molar-refractivity contribution in [1.29, 1.82) is 0 Å². The molecule has 0 spiro atoms. The van der Waals surface area contributed by atoms with E-state index in [1.165, 1.54) is 35.5 Å². The highest BCUT2D eigenvalue weighted by Gasteiger charge is 2.32. The molecular weight excluding hydrogens is 458 g/mol. The third kappa shape index (κ3) is 7.82. The molecular formula is C24H33N3O6S. The zero-order valence-electron chi connectivity index (χ0n) is 19.6. The van der Waals surface area contributed by atoms with Gasteiger partial charge in [0.15, 0.2) is 6.10 Å². The lowest BCUT2D eigenvalue weighted by Gasteiger charge is -2.31. The van der Waals surface area contributed by atoms with E-state index >= 15 is 0 Å². The number of carbonyl (C=O) groups excluding carboxylic acids is 2. The number of hydrogen-bond acceptors (Lipinski definition) is 7. The van der Waals surface area contributed by atoms with Gasteiger partial charge in [0.2, 0.25) is 10.0 Å². The molecule has 2 rings (SSSR count). The number of anilines is 1. The molecule has 2 aromatic rings. The maximum atomic E-state index is 13.3. The summed E-state index contributed by atoms with van der Waals surface area (Å²) < 4.78 is 32.6. The maximum absolute atomic E-state index is 13.3. The lowest BCUT2D eigenvalue weighted by Crippen LogP contribution is -2.52. The van der Waals surface area contributed by atoms with E-state index in [1.54, 1.807) is 0 Å². The Bertz CT molecular complexity index is 1030. The molecule has 1 amide bonds. The Kier molecular flexibility index (Phi) is 10.0. The van der Waals surface area contributed by atoms with Gasteiger partial charge >= 0.3 is 0 Å². The molecule has 0 bridgehead atoms. The van der Waals surface area contributed by atoms with E-state index in [0.29, 0.717) is 5.69 Å². The van der Waals surface area contributed by atoms with Gasteiger partial charge < -0.3 is 20.9 Å². The second-order valence-electron chi connectivity index (χ2n) is 8.53. The van der Waals surface area contributed by atoms with Crippen LogP contribution in [0.25, 0.3) is 0 Å². The van der Waals surface area contributed by atoms with Crippen molar-refractivity contribution in [2.45, 2.75) is 50.3 Å². The number of nitrogens with two attached hydrogens (primary N) is 1. The monoisotopic (exact) mass is 491 g/mol. The first kappa shape index (κ1) is 27.3. The fraction of sp³-hybridized carbons (Fsp3) is 0.417. The summed E-state index contributed by atoms with van der Waals surface area (Å²) in [7, 11) is -3.93. The topological polar surface area (TPSA) is 139 Å². The quantitative estimate of drug-likeness (QED) is 0.285. The summed E-state index contributed by atoms with van der Waals surface area (Å²) in [5, 5.41) is 13.8. The number of nitrogens with zero attached hydrogens (tertiary/aromatic N) is 1. The number of nitrogen functional groups attached to an aromatic ring is 1. The molecule has 0 aromatic heterocycles. The highest BCUT2D eigenvalue weighted by atomic mass is 32.2. The van der Waals surface area contributed by atoms with Crippen molar-refractivity contribution in [3.63, 3.8) is 0 Å². The summed E-state index contributed by atoms with van der Waals surface area (Å²) in [6.45, 7) is 5.26. The normalized spacial score (nSPS) is 14.4. The fourth-order valence-corrected chi connectivity index (χ4v) is 5.02. The first-order chi connectivity index (χ1) is 16.0. The molecule has 0 radical (unpaired) electrons. The average molecular weight is 492 g/mol. The molecule has 9 nitrogen and oxygen atoms in total. The zero-order valence-corrected chi connectivity index (χ0v) is 20.4. The molecule has 0 saturated carbocycles. The van der Waals surface area contributed by atoms with Crippen LogP contribution < -0.4 is 11.1 Å². The first-order valence-corrected chi connectivity index (χ1v) is 12.5. The van der Waals surface area contributed by atoms with Gasteiger partial charge in [-0.3, -0.25) is 9.59 Å². The molecule has 0 aliphatic carbocycles. The smallest absolute Gasteiger partial charge is 0.293 e. The number of aliphatic hydroxyl groups excluding tert-OH is 1. The number of hydrogen-bond donors (Lipinski definition) is 3. The number of rotatable bonds is 13. The summed E-state index contributed by atoms with van der Waals surface area (Å²) in [5.41, 5.74) is 6.97. The molecule has 186 valence electrons. The summed E-state index contributed by atoms with van der Waals surface area (Å²) in [6.07, 6.45) is -2.05. The van der Waals surface area contributed by atoms with Crippen LogP contribution in [0.4, 0.5) is 5.69 Å². The average Bonchev–Trinajstić information content (AvgIpc) is 2.79. The van der Waals surface area contributed by atoms with Gasteiger partial charge in [-0.1, -0.05) is 44.2 Å². The van der Waals surface area contributed by atoms with Crippen molar-refractivity contribution in [2.24, 2.45) is 5.92 Å². The van der Waals surface area contributed by atoms with Gasteiger partial charge in [0.25, 0.3) is 12.4 Å². The predicted octanol–water partition coefficient (Wildman–Crippen LogP) is 1.57. The van der Waals surface area contributed by atoms with E-state index in [9.17, 15) is 23.1 Å². The van der Waals surface area contributed by atoms with Gasteiger partial charge in [-0.2, -0.15) is 4.31 Å². The van der Waals surface area contributed by atoms with Crippen LogP contribution in [0, 0.1) is 5.92 Å². The van der Waals surface area contributed by atoms with Crippen molar-refractivity contribution < 1.29 is 27.9 Å². The highest BCUT2D eigenvalue weighted by Crippen LogP contribution is 2.20. The van der Waals surface area contributed by atoms with Gasteiger partial charge in [-0.15, -0.1) is 0 Å². The number of aliphatic hydroxyl groups is 1. The summed E-state index contributed by atoms with van der Waals surface area (Å²) >= 11 is 0. The minimum absolute atomic E-state index is 0.0149. The van der Waals surface area contributed by atoms with E-state index in [0.717, 1.165) is 5.56 Å². The van der Waals surface area contributed by atoms with E-state index < -0.39 is 34.2 Å². The number of benzene rings is 2. The number of carbonyl (C=O) groups is 2. The molecule has 2 aromatic carbocycles. The Labute approximate surface area is 201 Å². The minimum atomic E-state index is -3.93. The van der Waals surface area contributed by atoms with Crippen LogP contribution in [0.5, 0.6) is 0 Å². The van der Waals surface area contributed by atoms with Crippen molar-refractivity contribution in [1.82, 2.24) is 9.62 Å². The highest BCUT2D eigenvalue weighted by molar-refractivity contribution is 7.89. The van der Waals surface area contributed by atoms with Crippen LogP contribution in [0.15, 0.2) is 59.5 Å². The number of nitrogens with one attached hydrogen (secondary N) is 1. The SMILES string of the molecule is CC(C)CN(CC(O)C(Cc1ccccc1)NC(=O)C(C)OC=O)S(=O)(=O)c1ccc(N)cc1. The molecule has 0 fully saturated rings. The standard InChI is InChI=1S/C24H33N3O6S/c1-17(2)14-27(34(31,32)21-11-9-20(25)10-12-21)15-23(29)22(13-19-7-5-4-6-8-19)26-24(30)18(3)33-16-28/h4-12,16-18,22-23,29H,13-15,25H2,1-3H3,(H,26,30). The van der Waals surface area contributed by atoms with Crippen molar-refractivity contribution in [3.8, 4) is 0 Å². The first-order valence-electron chi connectivity index (χ1n) is 11.0. The van der Waals surface area contributed by atoms with Crippen LogP contribution in [0.2, 0.25) is 0 Å². The van der Waals surface area contributed by atoms with Crippen molar-refractivity contribution >= 4 is 28.1 Å². The van der Waals surface area contributed by atoms with Gasteiger partial charge in [-0.05, 0) is 49.1 Å². The zero-order chi connectivity index (χ0) is 25.3. The third-order valence-corrected chi connectivity index (χ3v) is 7.04. The van der Waals surface area contributed by atoms with E-state index in [2.05, 4.69) is 5.32 Å². The number of sulfonamides is 1. The molecule has 10 heteroatoms. The Morgan fingerprint density at radius 3 is 2.26 bits per heavy atom. The molecule has 3 unspecified atom stereocenters. The van der Waals surface area contributed by atoms with E-state index in [-0.39, 0.29) is 36.8 Å². The Balaban J connectivity index is 2.31. The van der Waals surface area contributed by atoms with Crippen LogP contribution in [-0.2, 0) is 30.8 Å². The third-order valence-electron chi connectivity index (χ3n) is 5.20. The fourth-order valence-electron chi connectivity index (χ4n) is 3.40. The van der Waals surface area contributed by atoms with Crippen molar-refractivity contribution in [3.05, 3.63) is 60.2 Å². The molecule has 3 atom stereocenters. The summed E-state index contributed by atoms with van der Waals surface area (Å²) in [6, 6.07) is 14.2. The predicted molar refractivity (Wildman–Crippen MR) is 129 cm³/mol. The number of amides is 1. The van der Waals surface area contributed by atoms with E-state index in [4.69, 9.17) is 10.5 Å². The van der Waals surface area contributed by atoms with Gasteiger partial charge in [-0.25, -0.2) is 8.42 Å². The minimum Gasteiger partial charge on any atom is -0.455 e. The molecule has 0 heterocycles. The van der Waals surface area contributed by atoms with Crippen LogP contribution >= 0.6 is 0 Å². The second-order valence-corrected chi connectivity index (χ2v) is 10.5. The van der Waals surface area contributed by atoms with E-state index in [1.807, 2.05) is 44.2 Å². The molecule has 0 aliphatic rings. The van der Waals surface area contributed by atoms with Crippen LogP contribution in [0.3, 0.4) is 0 Å². The van der Waals surface area contributed by atoms with Crippen LogP contribution in [0.1, 0.15) is 26.3 Å². The van der Waals surface area contributed by atoms with Crippen molar-refractivity contribution in [2.75, 3.05) is 18.8 Å². The van der Waals surface area contributed by atoms with Gasteiger partial charge in [0, 0.05) is 18.8 Å². The lowest BCUT2D eigenvalue weighted by atomic mass is 10.0. The van der Waals surface area contributed by atoms with Crippen LogP contribution in [-0.4, -0.2) is 61.5 Å². The Morgan fingerprint density at radius 2 is 1.71 bits per heavy atom. The van der Waals surface area contributed by atoms with Gasteiger partial charge in [0.05, 0.1) is 17.0 Å². The Morgan fingerprint density at radius 1 is 1.09 bits per heavy atom. The summed E-state index contributed by atoms with van der Waals surface area (Å²) in [5.74, 6) is -0.609. The second kappa shape index (κ2) is 12.5. The lowest BCUT2D eigenvalue weighted by molar-refractivity contribution is -0.144. The molecule has 0 saturated heterocycles.